The Morgan fingerprint density at radius 2 is 1.79 bits per heavy atom. The molecular formula is C23H28F3N3O4. The zero-order valence-corrected chi connectivity index (χ0v) is 18.4. The van der Waals surface area contributed by atoms with Crippen molar-refractivity contribution >= 4 is 17.6 Å². The third kappa shape index (κ3) is 8.74. The first-order chi connectivity index (χ1) is 15.6. The van der Waals surface area contributed by atoms with Gasteiger partial charge in [-0.15, -0.1) is 0 Å². The summed E-state index contributed by atoms with van der Waals surface area (Å²) >= 11 is 0. The van der Waals surface area contributed by atoms with Gasteiger partial charge in [0.25, 0.3) is 0 Å². The number of anilines is 1. The van der Waals surface area contributed by atoms with Gasteiger partial charge in [-0.05, 0) is 63.7 Å². The second-order valence-corrected chi connectivity index (χ2v) is 7.68. The van der Waals surface area contributed by atoms with Crippen LogP contribution in [-0.2, 0) is 9.59 Å². The third-order valence-corrected chi connectivity index (χ3v) is 5.11. The highest BCUT2D eigenvalue weighted by Crippen LogP contribution is 2.29. The highest BCUT2D eigenvalue weighted by Gasteiger charge is 2.38. The third-order valence-electron chi connectivity index (χ3n) is 5.11. The topological polar surface area (TPSA) is 90.9 Å². The fourth-order valence-corrected chi connectivity index (χ4v) is 3.15. The number of carboxylic acids is 1. The smallest absolute Gasteiger partial charge is 0.475 e. The normalized spacial score (nSPS) is 16.5. The highest BCUT2D eigenvalue weighted by molar-refractivity contribution is 5.95. The van der Waals surface area contributed by atoms with Crippen LogP contribution in [0.1, 0.15) is 13.3 Å². The van der Waals surface area contributed by atoms with Gasteiger partial charge in [-0.1, -0.05) is 30.3 Å². The van der Waals surface area contributed by atoms with E-state index in [9.17, 15) is 18.0 Å². The molecule has 0 aliphatic carbocycles. The summed E-state index contributed by atoms with van der Waals surface area (Å²) in [5.41, 5.74) is 0.684. The minimum Gasteiger partial charge on any atom is -0.475 e. The van der Waals surface area contributed by atoms with Crippen molar-refractivity contribution in [3.63, 3.8) is 0 Å². The zero-order valence-electron chi connectivity index (χ0n) is 18.4. The van der Waals surface area contributed by atoms with E-state index in [2.05, 4.69) is 15.5 Å². The summed E-state index contributed by atoms with van der Waals surface area (Å²) in [5.74, 6) is -0.783. The van der Waals surface area contributed by atoms with Crippen molar-refractivity contribution in [1.29, 1.82) is 0 Å². The van der Waals surface area contributed by atoms with Gasteiger partial charge >= 0.3 is 12.1 Å². The number of carbonyl (C=O) groups excluding carboxylic acids is 1. The van der Waals surface area contributed by atoms with E-state index in [1.807, 2.05) is 68.6 Å². The molecule has 3 N–H and O–H groups in total. The number of amides is 1. The van der Waals surface area contributed by atoms with Crippen LogP contribution in [0.4, 0.5) is 18.9 Å². The van der Waals surface area contributed by atoms with E-state index in [0.717, 1.165) is 25.4 Å². The standard InChI is InChI=1S/C21H27N3O2.C2HF3O2/c1-16(24(2)15-17-12-13-22-14-17)21(25)23-19-10-6-7-11-20(19)26-18-8-4-3-5-9-18;3-2(4,5)1(6)7/h3-11,16-17,22H,12-15H2,1-2H3,(H,23,25);(H,6,7). The molecule has 2 aromatic carbocycles. The fraction of sp³-hybridized carbons (Fsp3) is 0.391. The van der Waals surface area contributed by atoms with Crippen molar-refractivity contribution < 1.29 is 32.6 Å². The molecular weight excluding hydrogens is 439 g/mol. The SMILES string of the molecule is CC(C(=O)Nc1ccccc1Oc1ccccc1)N(C)CC1CCNC1.O=C(O)C(F)(F)F. The first-order valence-electron chi connectivity index (χ1n) is 10.4. The number of carbonyl (C=O) groups is 2. The van der Waals surface area contributed by atoms with E-state index >= 15 is 0 Å². The molecule has 7 nitrogen and oxygen atoms in total. The molecule has 1 aliphatic rings. The second kappa shape index (κ2) is 12.2. The Bertz CT molecular complexity index is 903. The number of halogens is 3. The van der Waals surface area contributed by atoms with Gasteiger partial charge < -0.3 is 20.5 Å². The van der Waals surface area contributed by atoms with Gasteiger partial charge in [0.1, 0.15) is 5.75 Å². The van der Waals surface area contributed by atoms with E-state index in [1.54, 1.807) is 0 Å². The summed E-state index contributed by atoms with van der Waals surface area (Å²) in [4.78, 5) is 23.7. The maximum absolute atomic E-state index is 12.7. The maximum Gasteiger partial charge on any atom is 0.490 e. The van der Waals surface area contributed by atoms with Crippen molar-refractivity contribution in [3.05, 3.63) is 54.6 Å². The quantitative estimate of drug-likeness (QED) is 0.571. The molecule has 1 heterocycles. The van der Waals surface area contributed by atoms with Gasteiger partial charge in [0.05, 0.1) is 11.7 Å². The first kappa shape index (κ1) is 26.1. The number of benzene rings is 2. The summed E-state index contributed by atoms with van der Waals surface area (Å²) in [6.45, 7) is 4.97. The largest absolute Gasteiger partial charge is 0.490 e. The van der Waals surface area contributed by atoms with Crippen molar-refractivity contribution in [1.82, 2.24) is 10.2 Å². The molecule has 2 atom stereocenters. The molecule has 0 radical (unpaired) electrons. The summed E-state index contributed by atoms with van der Waals surface area (Å²) in [7, 11) is 2.01. The van der Waals surface area contributed by atoms with Gasteiger partial charge in [0.15, 0.2) is 5.75 Å². The average molecular weight is 467 g/mol. The molecule has 33 heavy (non-hydrogen) atoms. The van der Waals surface area contributed by atoms with E-state index in [4.69, 9.17) is 14.6 Å². The van der Waals surface area contributed by atoms with E-state index in [1.165, 1.54) is 6.42 Å². The molecule has 1 fully saturated rings. The molecule has 0 spiro atoms. The Labute approximate surface area is 190 Å². The van der Waals surface area contributed by atoms with Gasteiger partial charge in [-0.3, -0.25) is 9.69 Å². The number of rotatable bonds is 7. The molecule has 2 unspecified atom stereocenters. The van der Waals surface area contributed by atoms with Crippen LogP contribution >= 0.6 is 0 Å². The van der Waals surface area contributed by atoms with Gasteiger partial charge in [-0.25, -0.2) is 4.79 Å². The number of carboxylic acid groups (broad SMARTS) is 1. The molecule has 1 amide bonds. The lowest BCUT2D eigenvalue weighted by molar-refractivity contribution is -0.192. The maximum atomic E-state index is 12.7. The number of hydrogen-bond acceptors (Lipinski definition) is 5. The molecule has 0 saturated carbocycles. The Morgan fingerprint density at radius 1 is 1.18 bits per heavy atom. The van der Waals surface area contributed by atoms with Crippen LogP contribution < -0.4 is 15.4 Å². The van der Waals surface area contributed by atoms with Crippen LogP contribution in [0.15, 0.2) is 54.6 Å². The lowest BCUT2D eigenvalue weighted by atomic mass is 10.1. The highest BCUT2D eigenvalue weighted by atomic mass is 19.4. The Kier molecular flexibility index (Phi) is 9.68. The van der Waals surface area contributed by atoms with E-state index in [0.29, 0.717) is 17.4 Å². The summed E-state index contributed by atoms with van der Waals surface area (Å²) in [5, 5.41) is 13.5. The van der Waals surface area contributed by atoms with Crippen molar-refractivity contribution in [2.75, 3.05) is 32.0 Å². The van der Waals surface area contributed by atoms with Gasteiger partial charge in [-0.2, -0.15) is 13.2 Å². The number of ether oxygens (including phenoxy) is 1. The number of aliphatic carboxylic acids is 1. The number of nitrogens with one attached hydrogen (secondary N) is 2. The van der Waals surface area contributed by atoms with Crippen LogP contribution in [0.5, 0.6) is 11.5 Å². The van der Waals surface area contributed by atoms with Gasteiger partial charge in [0.2, 0.25) is 5.91 Å². The molecule has 3 rings (SSSR count). The number of nitrogens with zero attached hydrogens (tertiary/aromatic N) is 1. The minimum atomic E-state index is -5.08. The molecule has 1 aliphatic heterocycles. The second-order valence-electron chi connectivity index (χ2n) is 7.68. The number of alkyl halides is 3. The lowest BCUT2D eigenvalue weighted by Crippen LogP contribution is -2.42. The van der Waals surface area contributed by atoms with Crippen LogP contribution in [0.25, 0.3) is 0 Å². The Morgan fingerprint density at radius 3 is 2.36 bits per heavy atom. The number of para-hydroxylation sites is 3. The minimum absolute atomic E-state index is 0.0254. The van der Waals surface area contributed by atoms with Crippen LogP contribution in [0, 0.1) is 5.92 Å². The lowest BCUT2D eigenvalue weighted by Gasteiger charge is -2.26. The summed E-state index contributed by atoms with van der Waals surface area (Å²) in [6.07, 6.45) is -3.91. The molecule has 0 aromatic heterocycles. The van der Waals surface area contributed by atoms with E-state index in [-0.39, 0.29) is 11.9 Å². The predicted molar refractivity (Wildman–Crippen MR) is 118 cm³/mol. The first-order valence-corrected chi connectivity index (χ1v) is 10.4. The van der Waals surface area contributed by atoms with Crippen LogP contribution in [0.3, 0.4) is 0 Å². The summed E-state index contributed by atoms with van der Waals surface area (Å²) < 4.78 is 37.7. The predicted octanol–water partition coefficient (Wildman–Crippen LogP) is 3.98. The monoisotopic (exact) mass is 467 g/mol. The Balaban J connectivity index is 0.000000479. The number of hydrogen-bond donors (Lipinski definition) is 3. The summed E-state index contributed by atoms with van der Waals surface area (Å²) in [6, 6.07) is 16.9. The van der Waals surface area contributed by atoms with Gasteiger partial charge in [0, 0.05) is 6.54 Å². The fourth-order valence-electron chi connectivity index (χ4n) is 3.15. The van der Waals surface area contributed by atoms with E-state index < -0.39 is 12.1 Å². The average Bonchev–Trinajstić information content (AvgIpc) is 3.28. The molecule has 2 aromatic rings. The number of likely N-dealkylation sites (N-methyl/N-ethyl adjacent to an activating group) is 1. The van der Waals surface area contributed by atoms with Crippen molar-refractivity contribution in [2.24, 2.45) is 5.92 Å². The molecule has 1 saturated heterocycles. The van der Waals surface area contributed by atoms with Crippen molar-refractivity contribution in [2.45, 2.75) is 25.6 Å². The van der Waals surface area contributed by atoms with Crippen molar-refractivity contribution in [3.8, 4) is 11.5 Å². The molecule has 180 valence electrons. The Hall–Kier alpha value is -3.11. The molecule has 0 bridgehead atoms. The zero-order chi connectivity index (χ0) is 24.4. The molecule has 10 heteroatoms. The van der Waals surface area contributed by atoms with Crippen LogP contribution in [0.2, 0.25) is 0 Å². The van der Waals surface area contributed by atoms with Crippen LogP contribution in [-0.4, -0.2) is 60.8 Å².